The number of hydrogen-bond acceptors (Lipinski definition) is 4. The summed E-state index contributed by atoms with van der Waals surface area (Å²) >= 11 is 1.30. The molecule has 0 saturated carbocycles. The van der Waals surface area contributed by atoms with Crippen molar-refractivity contribution >= 4 is 38.5 Å². The Morgan fingerprint density at radius 2 is 1.81 bits per heavy atom. The van der Waals surface area contributed by atoms with Crippen LogP contribution in [0.15, 0.2) is 48.5 Å². The fourth-order valence-electron chi connectivity index (χ4n) is 1.96. The number of nitrogens with two attached hydrogens (primary N) is 1. The molecule has 0 aliphatic rings. The van der Waals surface area contributed by atoms with Crippen LogP contribution >= 0.6 is 11.3 Å². The van der Waals surface area contributed by atoms with Crippen molar-refractivity contribution in [2.45, 2.75) is 0 Å². The van der Waals surface area contributed by atoms with E-state index in [4.69, 9.17) is 5.73 Å². The lowest BCUT2D eigenvalue weighted by Gasteiger charge is -2.00. The van der Waals surface area contributed by atoms with Gasteiger partial charge < -0.3 is 5.73 Å². The largest absolute Gasteiger partial charge is 0.366 e. The van der Waals surface area contributed by atoms with Gasteiger partial charge in [-0.3, -0.25) is 14.9 Å². The number of primary amides is 1. The number of carbonyl (C=O) groups excluding carboxylic acids is 2. The van der Waals surface area contributed by atoms with Crippen LogP contribution in [-0.4, -0.2) is 16.8 Å². The lowest BCUT2D eigenvalue weighted by molar-refractivity contribution is 0.0999. The van der Waals surface area contributed by atoms with Gasteiger partial charge in [-0.1, -0.05) is 35.6 Å². The third kappa shape index (κ3) is 2.61. The van der Waals surface area contributed by atoms with Gasteiger partial charge in [-0.05, 0) is 24.3 Å². The second-order valence-corrected chi connectivity index (χ2v) is 5.39. The SMILES string of the molecule is NC(=O)c1cccc2sc(NC(=O)c3ccccc3)nc12. The molecule has 3 rings (SSSR count). The van der Waals surface area contributed by atoms with Gasteiger partial charge in [0.15, 0.2) is 5.13 Å². The van der Waals surface area contributed by atoms with E-state index in [0.29, 0.717) is 21.8 Å². The van der Waals surface area contributed by atoms with Crippen LogP contribution in [0.4, 0.5) is 5.13 Å². The maximum atomic E-state index is 12.1. The number of fused-ring (bicyclic) bond motifs is 1. The maximum absolute atomic E-state index is 12.1. The van der Waals surface area contributed by atoms with Crippen molar-refractivity contribution in [1.82, 2.24) is 4.98 Å². The Bertz CT molecular complexity index is 827. The van der Waals surface area contributed by atoms with Crippen molar-refractivity contribution in [3.8, 4) is 0 Å². The molecule has 2 amide bonds. The summed E-state index contributed by atoms with van der Waals surface area (Å²) in [5, 5.41) is 3.17. The average Bonchev–Trinajstić information content (AvgIpc) is 2.89. The molecule has 0 radical (unpaired) electrons. The second kappa shape index (κ2) is 5.34. The number of anilines is 1. The van der Waals surface area contributed by atoms with Crippen molar-refractivity contribution in [2.24, 2.45) is 5.73 Å². The van der Waals surface area contributed by atoms with Crippen molar-refractivity contribution in [3.63, 3.8) is 0 Å². The lowest BCUT2D eigenvalue weighted by atomic mass is 10.2. The highest BCUT2D eigenvalue weighted by Crippen LogP contribution is 2.28. The third-order valence-electron chi connectivity index (χ3n) is 2.94. The van der Waals surface area contributed by atoms with Gasteiger partial charge in [-0.25, -0.2) is 4.98 Å². The molecule has 0 fully saturated rings. The number of amides is 2. The third-order valence-corrected chi connectivity index (χ3v) is 3.88. The number of rotatable bonds is 3. The lowest BCUT2D eigenvalue weighted by Crippen LogP contribution is -2.12. The summed E-state index contributed by atoms with van der Waals surface area (Å²) in [5.74, 6) is -0.776. The van der Waals surface area contributed by atoms with E-state index in [2.05, 4.69) is 10.3 Å². The molecule has 6 heteroatoms. The van der Waals surface area contributed by atoms with Crippen LogP contribution in [0, 0.1) is 0 Å². The molecule has 0 saturated heterocycles. The van der Waals surface area contributed by atoms with Crippen molar-refractivity contribution in [2.75, 3.05) is 5.32 Å². The highest BCUT2D eigenvalue weighted by molar-refractivity contribution is 7.22. The summed E-state index contributed by atoms with van der Waals surface area (Å²) in [6.45, 7) is 0. The molecule has 0 aliphatic carbocycles. The molecular weight excluding hydrogens is 286 g/mol. The smallest absolute Gasteiger partial charge is 0.257 e. The zero-order valence-electron chi connectivity index (χ0n) is 10.9. The van der Waals surface area contributed by atoms with Gasteiger partial charge in [-0.15, -0.1) is 0 Å². The van der Waals surface area contributed by atoms with Gasteiger partial charge in [0.1, 0.15) is 0 Å². The number of thiazole rings is 1. The molecule has 0 bridgehead atoms. The minimum Gasteiger partial charge on any atom is -0.366 e. The van der Waals surface area contributed by atoms with Crippen LogP contribution in [0.2, 0.25) is 0 Å². The van der Waals surface area contributed by atoms with E-state index in [0.717, 1.165) is 4.70 Å². The first-order valence-corrected chi connectivity index (χ1v) is 7.02. The Kier molecular flexibility index (Phi) is 3.37. The molecule has 0 spiro atoms. The van der Waals surface area contributed by atoms with Crippen molar-refractivity contribution in [1.29, 1.82) is 0 Å². The molecule has 0 atom stereocenters. The first-order valence-electron chi connectivity index (χ1n) is 6.21. The molecule has 3 N–H and O–H groups in total. The summed E-state index contributed by atoms with van der Waals surface area (Å²) in [6.07, 6.45) is 0. The van der Waals surface area contributed by atoms with Crippen LogP contribution in [-0.2, 0) is 0 Å². The monoisotopic (exact) mass is 297 g/mol. The molecule has 1 heterocycles. The highest BCUT2D eigenvalue weighted by atomic mass is 32.1. The van der Waals surface area contributed by atoms with E-state index < -0.39 is 5.91 Å². The summed E-state index contributed by atoms with van der Waals surface area (Å²) in [7, 11) is 0. The number of carbonyl (C=O) groups is 2. The molecule has 2 aromatic carbocycles. The Morgan fingerprint density at radius 3 is 2.52 bits per heavy atom. The van der Waals surface area contributed by atoms with Gasteiger partial charge in [-0.2, -0.15) is 0 Å². The van der Waals surface area contributed by atoms with E-state index >= 15 is 0 Å². The molecule has 21 heavy (non-hydrogen) atoms. The first-order chi connectivity index (χ1) is 10.1. The predicted molar refractivity (Wildman–Crippen MR) is 82.5 cm³/mol. The number of aromatic nitrogens is 1. The average molecular weight is 297 g/mol. The van der Waals surface area contributed by atoms with Crippen LogP contribution in [0.1, 0.15) is 20.7 Å². The Labute approximate surface area is 124 Å². The van der Waals surface area contributed by atoms with E-state index in [1.54, 1.807) is 36.4 Å². The number of nitrogens with zero attached hydrogens (tertiary/aromatic N) is 1. The Hall–Kier alpha value is -2.73. The fourth-order valence-corrected chi connectivity index (χ4v) is 2.85. The number of benzene rings is 2. The van der Waals surface area contributed by atoms with E-state index in [9.17, 15) is 9.59 Å². The topological polar surface area (TPSA) is 85.1 Å². The second-order valence-electron chi connectivity index (χ2n) is 4.36. The van der Waals surface area contributed by atoms with Crippen LogP contribution in [0.5, 0.6) is 0 Å². The molecule has 0 aliphatic heterocycles. The van der Waals surface area contributed by atoms with E-state index in [1.165, 1.54) is 11.3 Å². The number of hydrogen-bond donors (Lipinski definition) is 2. The zero-order valence-corrected chi connectivity index (χ0v) is 11.7. The maximum Gasteiger partial charge on any atom is 0.257 e. The Balaban J connectivity index is 1.94. The molecular formula is C15H11N3O2S. The van der Waals surface area contributed by atoms with Gasteiger partial charge in [0, 0.05) is 5.56 Å². The van der Waals surface area contributed by atoms with Gasteiger partial charge >= 0.3 is 0 Å². The molecule has 5 nitrogen and oxygen atoms in total. The quantitative estimate of drug-likeness (QED) is 0.779. The van der Waals surface area contributed by atoms with Crippen molar-refractivity contribution < 1.29 is 9.59 Å². The molecule has 3 aromatic rings. The fraction of sp³-hybridized carbons (Fsp3) is 0. The number of para-hydroxylation sites is 1. The van der Waals surface area contributed by atoms with Gasteiger partial charge in [0.05, 0.1) is 15.8 Å². The van der Waals surface area contributed by atoms with Crippen LogP contribution in [0.25, 0.3) is 10.2 Å². The minimum atomic E-state index is -0.535. The summed E-state index contributed by atoms with van der Waals surface area (Å²) < 4.78 is 0.801. The highest BCUT2D eigenvalue weighted by Gasteiger charge is 2.13. The van der Waals surface area contributed by atoms with E-state index in [-0.39, 0.29) is 5.91 Å². The van der Waals surface area contributed by atoms with Crippen LogP contribution in [0.3, 0.4) is 0 Å². The Morgan fingerprint density at radius 1 is 1.05 bits per heavy atom. The molecule has 104 valence electrons. The van der Waals surface area contributed by atoms with Gasteiger partial charge in [0.2, 0.25) is 0 Å². The van der Waals surface area contributed by atoms with Crippen LogP contribution < -0.4 is 11.1 Å². The summed E-state index contributed by atoms with van der Waals surface area (Å²) in [4.78, 5) is 27.7. The number of nitrogens with one attached hydrogen (secondary N) is 1. The first kappa shape index (κ1) is 13.3. The van der Waals surface area contributed by atoms with E-state index in [1.807, 2.05) is 12.1 Å². The van der Waals surface area contributed by atoms with Gasteiger partial charge in [0.25, 0.3) is 11.8 Å². The normalized spacial score (nSPS) is 10.5. The molecule has 1 aromatic heterocycles. The minimum absolute atomic E-state index is 0.240. The van der Waals surface area contributed by atoms with Crippen molar-refractivity contribution in [3.05, 3.63) is 59.7 Å². The zero-order chi connectivity index (χ0) is 14.8. The standard InChI is InChI=1S/C15H11N3O2S/c16-13(19)10-7-4-8-11-12(10)17-15(21-11)18-14(20)9-5-2-1-3-6-9/h1-8H,(H2,16,19)(H,17,18,20). The summed E-state index contributed by atoms with van der Waals surface area (Å²) in [5.41, 5.74) is 6.73. The molecule has 0 unspecified atom stereocenters. The summed E-state index contributed by atoms with van der Waals surface area (Å²) in [6, 6.07) is 14.0. The predicted octanol–water partition coefficient (Wildman–Crippen LogP) is 2.65.